The molecule has 0 amide bonds. The van der Waals surface area contributed by atoms with E-state index in [9.17, 15) is 5.11 Å². The lowest BCUT2D eigenvalue weighted by molar-refractivity contribution is -0.0504. The molecule has 4 aliphatic rings. The number of nitrogens with zero attached hydrogens (tertiary/aromatic N) is 1. The molecule has 24 heavy (non-hydrogen) atoms. The molecule has 0 spiro atoms. The maximum Gasteiger partial charge on any atom is 0.154 e. The molecule has 2 heteroatoms. The van der Waals surface area contributed by atoms with Crippen LogP contribution in [0.5, 0.6) is 0 Å². The van der Waals surface area contributed by atoms with E-state index in [1.807, 2.05) is 13.1 Å². The van der Waals surface area contributed by atoms with E-state index < -0.39 is 5.60 Å². The first-order valence-electron chi connectivity index (χ1n) is 9.78. The van der Waals surface area contributed by atoms with E-state index in [0.29, 0.717) is 5.41 Å². The van der Waals surface area contributed by atoms with Crippen LogP contribution in [0.4, 0.5) is 0 Å². The first kappa shape index (κ1) is 16.4. The predicted octanol–water partition coefficient (Wildman–Crippen LogP) is 5.50. The minimum atomic E-state index is -0.500. The van der Waals surface area contributed by atoms with Crippen molar-refractivity contribution in [1.29, 1.82) is 0 Å². The monoisotopic (exact) mass is 325 g/mol. The molecule has 3 saturated carbocycles. The molecule has 0 aliphatic heterocycles. The first-order chi connectivity index (χ1) is 11.3. The fourth-order valence-corrected chi connectivity index (χ4v) is 6.94. The summed E-state index contributed by atoms with van der Waals surface area (Å²) in [5, 5.41) is 10.5. The second-order valence-electron chi connectivity index (χ2n) is 9.71. The van der Waals surface area contributed by atoms with Gasteiger partial charge in [-0.3, -0.25) is 0 Å². The largest absolute Gasteiger partial charge is 0.390 e. The highest BCUT2D eigenvalue weighted by molar-refractivity contribution is 5.30. The summed E-state index contributed by atoms with van der Waals surface area (Å²) in [4.78, 5) is 3.60. The molecule has 6 atom stereocenters. The van der Waals surface area contributed by atoms with Crippen LogP contribution in [-0.2, 0) is 0 Å². The van der Waals surface area contributed by atoms with Crippen molar-refractivity contribution in [2.75, 3.05) is 0 Å². The van der Waals surface area contributed by atoms with Crippen LogP contribution in [0.2, 0.25) is 0 Å². The van der Waals surface area contributed by atoms with Crippen molar-refractivity contribution in [2.24, 2.45) is 28.6 Å². The van der Waals surface area contributed by atoms with E-state index >= 15 is 0 Å². The smallest absolute Gasteiger partial charge is 0.154 e. The lowest BCUT2D eigenvalue weighted by Gasteiger charge is -2.58. The van der Waals surface area contributed by atoms with Gasteiger partial charge in [-0.1, -0.05) is 31.1 Å². The topological polar surface area (TPSA) is 24.6 Å². The molecule has 130 valence electrons. The molecule has 3 fully saturated rings. The Morgan fingerprint density at radius 1 is 1.12 bits per heavy atom. The number of fused-ring (bicyclic) bond motifs is 5. The maximum atomic E-state index is 10.5. The van der Waals surface area contributed by atoms with Gasteiger partial charge in [-0.05, 0) is 86.9 Å². The summed E-state index contributed by atoms with van der Waals surface area (Å²) in [7, 11) is 0. The number of hydrogen-bond acceptors (Lipinski definition) is 1. The minimum Gasteiger partial charge on any atom is -0.390 e. The Morgan fingerprint density at radius 3 is 2.62 bits per heavy atom. The molecule has 0 aromatic heterocycles. The Hall–Kier alpha value is -1.07. The molecule has 0 bridgehead atoms. The second-order valence-corrected chi connectivity index (χ2v) is 9.71. The van der Waals surface area contributed by atoms with Crippen molar-refractivity contribution in [3.8, 4) is 0 Å². The maximum absolute atomic E-state index is 10.5. The third kappa shape index (κ3) is 2.17. The zero-order valence-electron chi connectivity index (χ0n) is 15.4. The van der Waals surface area contributed by atoms with Crippen LogP contribution < -0.4 is 0 Å². The van der Waals surface area contributed by atoms with Crippen LogP contribution in [0, 0.1) is 35.2 Å². The van der Waals surface area contributed by atoms with E-state index in [1.165, 1.54) is 31.3 Å². The molecule has 0 heterocycles. The van der Waals surface area contributed by atoms with E-state index in [1.54, 1.807) is 5.57 Å². The Bertz CT molecular complexity index is 651. The van der Waals surface area contributed by atoms with Crippen LogP contribution in [0.15, 0.2) is 23.4 Å². The summed E-state index contributed by atoms with van der Waals surface area (Å²) in [6, 6.07) is 0. The third-order valence-corrected chi connectivity index (χ3v) is 8.45. The first-order valence-corrected chi connectivity index (χ1v) is 9.78. The van der Waals surface area contributed by atoms with Crippen LogP contribution >= 0.6 is 0 Å². The predicted molar refractivity (Wildman–Crippen MR) is 97.0 cm³/mol. The summed E-state index contributed by atoms with van der Waals surface area (Å²) in [6.07, 6.45) is 13.4. The van der Waals surface area contributed by atoms with Gasteiger partial charge in [0.15, 0.2) is 6.20 Å². The van der Waals surface area contributed by atoms with Gasteiger partial charge in [0.25, 0.3) is 0 Å². The number of allylic oxidation sites excluding steroid dienone is 2. The standard InChI is InChI=1S/C22H31NO/c1-20(24)11-12-22(3)15(13-20)5-7-17-18-8-6-16(14-23-4)21(18,2)10-9-19(17)22/h5,14,17-19,24H,6-13H2,1-3H3/b16-14-/t17-,18-,19-,20+,21+,22-/m0/s1. The van der Waals surface area contributed by atoms with E-state index in [4.69, 9.17) is 6.57 Å². The van der Waals surface area contributed by atoms with Gasteiger partial charge in [0.05, 0.1) is 12.2 Å². The quantitative estimate of drug-likeness (QED) is 0.461. The van der Waals surface area contributed by atoms with Crippen LogP contribution in [0.25, 0.3) is 4.85 Å². The summed E-state index contributed by atoms with van der Waals surface area (Å²) < 4.78 is 0. The molecular weight excluding hydrogens is 294 g/mol. The molecule has 0 unspecified atom stereocenters. The van der Waals surface area contributed by atoms with Crippen molar-refractivity contribution >= 4 is 0 Å². The van der Waals surface area contributed by atoms with Gasteiger partial charge in [-0.2, -0.15) is 0 Å². The molecule has 4 rings (SSSR count). The fraction of sp³-hybridized carbons (Fsp3) is 0.773. The van der Waals surface area contributed by atoms with Crippen molar-refractivity contribution in [1.82, 2.24) is 0 Å². The Labute approximate surface area is 146 Å². The second kappa shape index (κ2) is 5.21. The van der Waals surface area contributed by atoms with Gasteiger partial charge in [-0.15, -0.1) is 0 Å². The average molecular weight is 325 g/mol. The third-order valence-electron chi connectivity index (χ3n) is 8.45. The molecule has 0 aromatic carbocycles. The summed E-state index contributed by atoms with van der Waals surface area (Å²) in [5.74, 6) is 2.30. The van der Waals surface area contributed by atoms with E-state index in [-0.39, 0.29) is 5.41 Å². The average Bonchev–Trinajstić information content (AvgIpc) is 2.85. The molecule has 4 aliphatic carbocycles. The summed E-state index contributed by atoms with van der Waals surface area (Å²) in [6.45, 7) is 14.2. The molecule has 0 saturated heterocycles. The van der Waals surface area contributed by atoms with E-state index in [0.717, 1.165) is 43.4 Å². The highest BCUT2D eigenvalue weighted by Crippen LogP contribution is 2.66. The van der Waals surface area contributed by atoms with Gasteiger partial charge in [0.2, 0.25) is 0 Å². The van der Waals surface area contributed by atoms with Crippen molar-refractivity contribution in [2.45, 2.75) is 77.7 Å². The zero-order valence-corrected chi connectivity index (χ0v) is 15.4. The van der Waals surface area contributed by atoms with Crippen molar-refractivity contribution < 1.29 is 5.11 Å². The highest BCUT2D eigenvalue weighted by Gasteiger charge is 2.57. The Morgan fingerprint density at radius 2 is 1.88 bits per heavy atom. The molecule has 0 aromatic rings. The van der Waals surface area contributed by atoms with Crippen LogP contribution in [-0.4, -0.2) is 10.7 Å². The number of rotatable bonds is 0. The van der Waals surface area contributed by atoms with E-state index in [2.05, 4.69) is 24.8 Å². The van der Waals surface area contributed by atoms with Crippen molar-refractivity contribution in [3.63, 3.8) is 0 Å². The van der Waals surface area contributed by atoms with Crippen molar-refractivity contribution in [3.05, 3.63) is 34.8 Å². The van der Waals surface area contributed by atoms with Gasteiger partial charge in [0, 0.05) is 0 Å². The highest BCUT2D eigenvalue weighted by atomic mass is 16.3. The lowest BCUT2D eigenvalue weighted by Crippen LogP contribution is -2.51. The molecule has 2 nitrogen and oxygen atoms in total. The van der Waals surface area contributed by atoms with Crippen LogP contribution in [0.3, 0.4) is 0 Å². The number of hydrogen-bond donors (Lipinski definition) is 1. The summed E-state index contributed by atoms with van der Waals surface area (Å²) in [5.41, 5.74) is 3.04. The Kier molecular flexibility index (Phi) is 3.56. The van der Waals surface area contributed by atoms with Gasteiger partial charge >= 0.3 is 0 Å². The lowest BCUT2D eigenvalue weighted by atomic mass is 9.47. The van der Waals surface area contributed by atoms with Gasteiger partial charge in [-0.25, -0.2) is 4.85 Å². The van der Waals surface area contributed by atoms with Crippen LogP contribution in [0.1, 0.15) is 72.1 Å². The molecular formula is C22H31NO. The van der Waals surface area contributed by atoms with Gasteiger partial charge < -0.3 is 5.11 Å². The normalized spacial score (nSPS) is 52.0. The fourth-order valence-electron chi connectivity index (χ4n) is 6.94. The SMILES string of the molecule is [C-]#[N+]/C=C1/CC[C@H]2[C@@H]3CC=C4C[C@](C)(O)CC[C@]4(C)[C@H]3CC[C@]12C. The molecule has 0 radical (unpaired) electrons. The zero-order chi connectivity index (χ0) is 17.2. The summed E-state index contributed by atoms with van der Waals surface area (Å²) >= 11 is 0. The minimum absolute atomic E-state index is 0.271. The molecule has 1 N–H and O–H groups in total. The number of aliphatic hydroxyl groups is 1. The van der Waals surface area contributed by atoms with Gasteiger partial charge in [0.1, 0.15) is 0 Å². The Balaban J connectivity index is 1.68.